The van der Waals surface area contributed by atoms with Gasteiger partial charge in [-0.15, -0.1) is 0 Å². The smallest absolute Gasteiger partial charge is 0.250 e. The van der Waals surface area contributed by atoms with Gasteiger partial charge in [0.05, 0.1) is 0 Å². The molecule has 4 rings (SSSR count). The van der Waals surface area contributed by atoms with E-state index in [0.717, 1.165) is 5.39 Å². The number of hydrogen-bond acceptors (Lipinski definition) is 5. The van der Waals surface area contributed by atoms with Crippen LogP contribution < -0.4 is 5.48 Å². The highest BCUT2D eigenvalue weighted by molar-refractivity contribution is 5.77. The zero-order valence-corrected chi connectivity index (χ0v) is 14.2. The lowest BCUT2D eigenvalue weighted by molar-refractivity contribution is -0.100. The van der Waals surface area contributed by atoms with Gasteiger partial charge in [0.1, 0.15) is 6.23 Å². The third kappa shape index (κ3) is 3.88. The highest BCUT2D eigenvalue weighted by atomic mass is 19.3. The van der Waals surface area contributed by atoms with Gasteiger partial charge in [0.25, 0.3) is 5.92 Å². The molecule has 0 aromatic carbocycles. The van der Waals surface area contributed by atoms with E-state index in [0.29, 0.717) is 30.5 Å². The zero-order chi connectivity index (χ0) is 17.4. The quantitative estimate of drug-likeness (QED) is 0.830. The van der Waals surface area contributed by atoms with Crippen LogP contribution in [0.2, 0.25) is 0 Å². The van der Waals surface area contributed by atoms with E-state index in [4.69, 9.17) is 4.84 Å². The molecule has 7 heteroatoms. The number of fused-ring (bicyclic) bond motifs is 1. The van der Waals surface area contributed by atoms with Gasteiger partial charge >= 0.3 is 0 Å². The number of likely N-dealkylation sites (tertiary alicyclic amines) is 1. The van der Waals surface area contributed by atoms with E-state index in [1.807, 2.05) is 30.2 Å². The number of aromatic nitrogens is 2. The van der Waals surface area contributed by atoms with Crippen LogP contribution in [-0.2, 0) is 4.84 Å². The lowest BCUT2D eigenvalue weighted by atomic mass is 10.1. The Morgan fingerprint density at radius 1 is 1.28 bits per heavy atom. The molecule has 1 aliphatic heterocycles. The minimum absolute atomic E-state index is 0.123. The van der Waals surface area contributed by atoms with Crippen LogP contribution in [0.15, 0.2) is 24.4 Å². The molecule has 1 atom stereocenters. The summed E-state index contributed by atoms with van der Waals surface area (Å²) in [7, 11) is 0. The number of halogens is 2. The van der Waals surface area contributed by atoms with Crippen LogP contribution in [0.25, 0.3) is 11.0 Å². The van der Waals surface area contributed by atoms with Gasteiger partial charge in [0.2, 0.25) is 0 Å². The number of pyridine rings is 2. The summed E-state index contributed by atoms with van der Waals surface area (Å²) < 4.78 is 26.4. The molecule has 0 radical (unpaired) electrons. The second kappa shape index (κ2) is 6.46. The van der Waals surface area contributed by atoms with Crippen molar-refractivity contribution in [3.8, 4) is 0 Å². The first kappa shape index (κ1) is 16.6. The number of hydrogen-bond donors (Lipinski definition) is 1. The summed E-state index contributed by atoms with van der Waals surface area (Å²) in [5.74, 6) is -1.32. The second-order valence-electron chi connectivity index (χ2n) is 7.00. The first-order chi connectivity index (χ1) is 12.0. The Bertz CT molecular complexity index is 756. The van der Waals surface area contributed by atoms with Crippen molar-refractivity contribution < 1.29 is 13.6 Å². The van der Waals surface area contributed by atoms with Crippen molar-refractivity contribution in [3.63, 3.8) is 0 Å². The Labute approximate surface area is 145 Å². The number of rotatable bonds is 5. The number of nitrogens with one attached hydrogen (secondary N) is 1. The number of anilines is 1. The molecule has 134 valence electrons. The van der Waals surface area contributed by atoms with Crippen LogP contribution in [0.1, 0.15) is 44.1 Å². The van der Waals surface area contributed by atoms with Crippen LogP contribution in [0.3, 0.4) is 0 Å². The molecular formula is C18H22F2N4O. The maximum absolute atomic E-state index is 13.2. The van der Waals surface area contributed by atoms with Crippen molar-refractivity contribution in [1.82, 2.24) is 14.9 Å². The third-order valence-electron chi connectivity index (χ3n) is 4.99. The topological polar surface area (TPSA) is 50.3 Å². The molecule has 25 heavy (non-hydrogen) atoms. The van der Waals surface area contributed by atoms with E-state index < -0.39 is 5.92 Å². The molecule has 1 N–H and O–H groups in total. The lowest BCUT2D eigenvalue weighted by Crippen LogP contribution is -2.45. The molecule has 1 aliphatic carbocycles. The van der Waals surface area contributed by atoms with Crippen molar-refractivity contribution in [1.29, 1.82) is 0 Å². The Hall–Kier alpha value is -1.86. The average Bonchev–Trinajstić information content (AvgIpc) is 3.44. The Morgan fingerprint density at radius 3 is 2.76 bits per heavy atom. The predicted molar refractivity (Wildman–Crippen MR) is 91.4 cm³/mol. The highest BCUT2D eigenvalue weighted by Gasteiger charge is 2.35. The number of alkyl halides is 2. The fourth-order valence-electron chi connectivity index (χ4n) is 3.16. The normalized spacial score (nSPS) is 22.0. The summed E-state index contributed by atoms with van der Waals surface area (Å²) in [5, 5.41) is 1.02. The Morgan fingerprint density at radius 2 is 2.04 bits per heavy atom. The van der Waals surface area contributed by atoms with Gasteiger partial charge < -0.3 is 0 Å². The van der Waals surface area contributed by atoms with Crippen LogP contribution >= 0.6 is 0 Å². The summed E-state index contributed by atoms with van der Waals surface area (Å²) in [6, 6.07) is 5.96. The van der Waals surface area contributed by atoms with E-state index >= 15 is 0 Å². The predicted octanol–water partition coefficient (Wildman–Crippen LogP) is 3.93. The molecule has 2 fully saturated rings. The molecule has 2 aliphatic rings. The van der Waals surface area contributed by atoms with Gasteiger partial charge in [-0.25, -0.2) is 24.2 Å². The van der Waals surface area contributed by atoms with Crippen LogP contribution in [0, 0.1) is 0 Å². The van der Waals surface area contributed by atoms with Crippen LogP contribution in [-0.4, -0.2) is 40.1 Å². The highest BCUT2D eigenvalue weighted by Crippen LogP contribution is 2.40. The summed E-state index contributed by atoms with van der Waals surface area (Å²) in [5.41, 5.74) is 4.77. The minimum atomic E-state index is -2.55. The molecule has 1 saturated heterocycles. The first-order valence-electron chi connectivity index (χ1n) is 8.80. The first-order valence-corrected chi connectivity index (χ1v) is 8.80. The van der Waals surface area contributed by atoms with Crippen molar-refractivity contribution in [2.45, 2.75) is 50.7 Å². The van der Waals surface area contributed by atoms with Crippen molar-refractivity contribution >= 4 is 16.9 Å². The van der Waals surface area contributed by atoms with E-state index in [2.05, 4.69) is 21.5 Å². The van der Waals surface area contributed by atoms with Gasteiger partial charge in [-0.1, -0.05) is 0 Å². The molecule has 0 spiro atoms. The zero-order valence-electron chi connectivity index (χ0n) is 14.2. The molecule has 3 heterocycles. The number of piperidine rings is 1. The average molecular weight is 348 g/mol. The van der Waals surface area contributed by atoms with E-state index in [1.54, 1.807) is 0 Å². The molecule has 0 bridgehead atoms. The van der Waals surface area contributed by atoms with Gasteiger partial charge in [-0.05, 0) is 49.4 Å². The summed E-state index contributed by atoms with van der Waals surface area (Å²) in [6.07, 6.45) is 3.83. The Kier molecular flexibility index (Phi) is 4.29. The third-order valence-corrected chi connectivity index (χ3v) is 4.99. The minimum Gasteiger partial charge on any atom is -0.276 e. The SMILES string of the molecule is CC(ONc1ccc2cc(C3CC3)cnc2n1)N1CCC(F)(F)CC1. The van der Waals surface area contributed by atoms with E-state index in [9.17, 15) is 8.78 Å². The maximum atomic E-state index is 13.2. The molecule has 5 nitrogen and oxygen atoms in total. The molecule has 0 amide bonds. The van der Waals surface area contributed by atoms with E-state index in [1.165, 1.54) is 18.4 Å². The summed E-state index contributed by atoms with van der Waals surface area (Å²) >= 11 is 0. The van der Waals surface area contributed by atoms with Crippen molar-refractivity contribution in [2.75, 3.05) is 18.6 Å². The maximum Gasteiger partial charge on any atom is 0.250 e. The summed E-state index contributed by atoms with van der Waals surface area (Å²) in [6.45, 7) is 2.50. The van der Waals surface area contributed by atoms with Gasteiger partial charge in [0.15, 0.2) is 11.5 Å². The fourth-order valence-corrected chi connectivity index (χ4v) is 3.16. The summed E-state index contributed by atoms with van der Waals surface area (Å²) in [4.78, 5) is 16.4. The molecule has 1 unspecified atom stereocenters. The standard InChI is InChI=1S/C18H22F2N4O/c1-12(24-8-6-18(19,20)7-9-24)25-23-16-5-4-14-10-15(13-2-3-13)11-21-17(14)22-16/h4-5,10-13H,2-3,6-9H2,1H3,(H,21,22,23). The fraction of sp³-hybridized carbons (Fsp3) is 0.556. The van der Waals surface area contributed by atoms with Gasteiger partial charge in [-0.3, -0.25) is 9.74 Å². The monoisotopic (exact) mass is 348 g/mol. The lowest BCUT2D eigenvalue weighted by Gasteiger charge is -2.35. The second-order valence-corrected chi connectivity index (χ2v) is 7.00. The largest absolute Gasteiger partial charge is 0.276 e. The van der Waals surface area contributed by atoms with Crippen molar-refractivity contribution in [3.05, 3.63) is 30.0 Å². The Balaban J connectivity index is 1.36. The van der Waals surface area contributed by atoms with E-state index in [-0.39, 0.29) is 19.1 Å². The number of nitrogens with zero attached hydrogens (tertiary/aromatic N) is 3. The molecular weight excluding hydrogens is 326 g/mol. The van der Waals surface area contributed by atoms with Crippen molar-refractivity contribution in [2.24, 2.45) is 0 Å². The molecule has 2 aromatic rings. The van der Waals surface area contributed by atoms with Gasteiger partial charge in [0, 0.05) is 37.5 Å². The molecule has 2 aromatic heterocycles. The van der Waals surface area contributed by atoms with Gasteiger partial charge in [-0.2, -0.15) is 0 Å². The molecule has 1 saturated carbocycles. The van der Waals surface area contributed by atoms with Crippen LogP contribution in [0.5, 0.6) is 0 Å². The van der Waals surface area contributed by atoms with Crippen LogP contribution in [0.4, 0.5) is 14.6 Å².